The van der Waals surface area contributed by atoms with E-state index < -0.39 is 17.7 Å². The van der Waals surface area contributed by atoms with Crippen molar-refractivity contribution in [1.82, 2.24) is 5.32 Å². The molecule has 0 fully saturated rings. The molecule has 1 aliphatic carbocycles. The van der Waals surface area contributed by atoms with Crippen LogP contribution in [0.3, 0.4) is 0 Å². The highest BCUT2D eigenvalue weighted by Gasteiger charge is 2.41. The summed E-state index contributed by atoms with van der Waals surface area (Å²) in [5, 5.41) is 13.1. The molecule has 2 unspecified atom stereocenters. The summed E-state index contributed by atoms with van der Waals surface area (Å²) in [6.45, 7) is 0.119. The number of halogens is 4. The first-order chi connectivity index (χ1) is 12.4. The Morgan fingerprint density at radius 1 is 1.19 bits per heavy atom. The van der Waals surface area contributed by atoms with Crippen LogP contribution in [0.25, 0.3) is 0 Å². The Hall–Kier alpha value is -1.18. The van der Waals surface area contributed by atoms with Gasteiger partial charge in [0.15, 0.2) is 6.10 Å². The third-order valence-electron chi connectivity index (χ3n) is 3.85. The number of rotatable bonds is 5. The van der Waals surface area contributed by atoms with E-state index in [0.29, 0.717) is 5.02 Å². The van der Waals surface area contributed by atoms with Crippen molar-refractivity contribution in [2.75, 3.05) is 0 Å². The molecule has 3 rings (SSSR count). The van der Waals surface area contributed by atoms with Crippen LogP contribution in [0.2, 0.25) is 5.02 Å². The molecule has 0 saturated carbocycles. The van der Waals surface area contributed by atoms with Crippen LogP contribution in [0.1, 0.15) is 5.56 Å². The molecule has 0 amide bonds. The molecule has 0 bridgehead atoms. The molecule has 2 aromatic rings. The second-order valence-corrected chi connectivity index (χ2v) is 8.21. The summed E-state index contributed by atoms with van der Waals surface area (Å²) < 4.78 is 28.9. The van der Waals surface area contributed by atoms with E-state index in [4.69, 9.17) is 11.6 Å². The van der Waals surface area contributed by atoms with Crippen molar-refractivity contribution in [1.29, 1.82) is 0 Å². The van der Waals surface area contributed by atoms with Crippen LogP contribution < -0.4 is 5.32 Å². The zero-order valence-electron chi connectivity index (χ0n) is 13.4. The average molecular weight is 459 g/mol. The monoisotopic (exact) mass is 457 g/mol. The molecular weight excluding hydrogens is 444 g/mol. The Morgan fingerprint density at radius 3 is 2.62 bits per heavy atom. The molecule has 0 spiro atoms. The maximum Gasteiger partial charge on any atom is 0.214 e. The van der Waals surface area contributed by atoms with Gasteiger partial charge in [0.2, 0.25) is 5.79 Å². The summed E-state index contributed by atoms with van der Waals surface area (Å²) in [7, 11) is 0. The summed E-state index contributed by atoms with van der Waals surface area (Å²) in [4.78, 5) is 1.92. The molecule has 0 radical (unpaired) electrons. The lowest BCUT2D eigenvalue weighted by molar-refractivity contribution is 0.00812. The highest BCUT2D eigenvalue weighted by Crippen LogP contribution is 2.34. The zero-order chi connectivity index (χ0) is 18.7. The van der Waals surface area contributed by atoms with Crippen molar-refractivity contribution in [2.24, 2.45) is 0 Å². The number of aliphatic hydroxyl groups is 1. The van der Waals surface area contributed by atoms with Crippen LogP contribution in [-0.4, -0.2) is 17.0 Å². The first-order valence-electron chi connectivity index (χ1n) is 7.76. The molecule has 26 heavy (non-hydrogen) atoms. The van der Waals surface area contributed by atoms with Crippen LogP contribution in [0, 0.1) is 0 Å². The van der Waals surface area contributed by atoms with E-state index in [1.54, 1.807) is 12.1 Å². The van der Waals surface area contributed by atoms with Gasteiger partial charge in [-0.3, -0.25) is 5.32 Å². The summed E-state index contributed by atoms with van der Waals surface area (Å²) in [5.74, 6) is -3.33. The minimum Gasteiger partial charge on any atom is -0.381 e. The standard InChI is InChI=1S/C19H15BrClF2NOS/c20-13-9-16(22)18(25)19(23,10-13)24-11-12-3-1-2-4-17(12)26-15-7-5-14(21)6-8-15/h1-10,18,24-25H,11H2. The molecule has 2 aromatic carbocycles. The van der Waals surface area contributed by atoms with Crippen LogP contribution in [0.5, 0.6) is 0 Å². The molecule has 7 heteroatoms. The number of allylic oxidation sites excluding steroid dienone is 2. The Labute approximate surface area is 168 Å². The fourth-order valence-electron chi connectivity index (χ4n) is 2.49. The van der Waals surface area contributed by atoms with Gasteiger partial charge in [0.05, 0.1) is 0 Å². The van der Waals surface area contributed by atoms with E-state index >= 15 is 0 Å². The molecule has 1 aliphatic rings. The predicted molar refractivity (Wildman–Crippen MR) is 105 cm³/mol. The van der Waals surface area contributed by atoms with E-state index in [-0.39, 0.29) is 11.0 Å². The Morgan fingerprint density at radius 2 is 1.88 bits per heavy atom. The third-order valence-corrected chi connectivity index (χ3v) is 5.68. The van der Waals surface area contributed by atoms with Crippen molar-refractivity contribution in [3.05, 3.63) is 81.6 Å². The topological polar surface area (TPSA) is 32.3 Å². The maximum atomic E-state index is 15.0. The minimum absolute atomic E-state index is 0.119. The second-order valence-electron chi connectivity index (χ2n) is 5.75. The number of hydrogen-bond donors (Lipinski definition) is 2. The molecule has 2 nitrogen and oxygen atoms in total. The fraction of sp³-hybridized carbons (Fsp3) is 0.158. The minimum atomic E-state index is -2.39. The molecular formula is C19H15BrClF2NOS. The Bertz CT molecular complexity index is 859. The first-order valence-corrected chi connectivity index (χ1v) is 9.75. The normalized spacial score (nSPS) is 22.7. The highest BCUT2D eigenvalue weighted by molar-refractivity contribution is 9.11. The maximum absolute atomic E-state index is 15.0. The quantitative estimate of drug-likeness (QED) is 0.559. The lowest BCUT2D eigenvalue weighted by Crippen LogP contribution is -2.50. The van der Waals surface area contributed by atoms with E-state index in [9.17, 15) is 13.9 Å². The van der Waals surface area contributed by atoms with Crippen molar-refractivity contribution < 1.29 is 13.9 Å². The van der Waals surface area contributed by atoms with E-state index in [0.717, 1.165) is 27.5 Å². The predicted octanol–water partition coefficient (Wildman–Crippen LogP) is 5.75. The van der Waals surface area contributed by atoms with Gasteiger partial charge in [0.25, 0.3) is 0 Å². The van der Waals surface area contributed by atoms with Gasteiger partial charge in [-0.25, -0.2) is 8.78 Å². The van der Waals surface area contributed by atoms with Crippen molar-refractivity contribution in [2.45, 2.75) is 28.2 Å². The van der Waals surface area contributed by atoms with Crippen molar-refractivity contribution in [3.8, 4) is 0 Å². The van der Waals surface area contributed by atoms with Crippen LogP contribution >= 0.6 is 39.3 Å². The Balaban J connectivity index is 1.77. The SMILES string of the molecule is OC1C(F)=CC(Br)=CC1(F)NCc1ccccc1Sc1ccc(Cl)cc1. The van der Waals surface area contributed by atoms with Gasteiger partial charge < -0.3 is 5.11 Å². The molecule has 0 heterocycles. The van der Waals surface area contributed by atoms with Gasteiger partial charge in [-0.15, -0.1) is 0 Å². The van der Waals surface area contributed by atoms with Gasteiger partial charge >= 0.3 is 0 Å². The Kier molecular flexibility index (Phi) is 6.20. The highest BCUT2D eigenvalue weighted by atomic mass is 79.9. The number of nitrogens with one attached hydrogen (secondary N) is 1. The largest absolute Gasteiger partial charge is 0.381 e. The number of benzene rings is 2. The number of hydrogen-bond acceptors (Lipinski definition) is 3. The molecule has 0 aliphatic heterocycles. The van der Waals surface area contributed by atoms with Gasteiger partial charge in [-0.2, -0.15) is 0 Å². The van der Waals surface area contributed by atoms with E-state index in [1.807, 2.05) is 36.4 Å². The van der Waals surface area contributed by atoms with Gasteiger partial charge in [-0.05, 0) is 48.0 Å². The molecule has 136 valence electrons. The average Bonchev–Trinajstić information content (AvgIpc) is 2.61. The summed E-state index contributed by atoms with van der Waals surface area (Å²) in [6.07, 6.45) is 0.282. The van der Waals surface area contributed by atoms with Crippen molar-refractivity contribution >= 4 is 39.3 Å². The number of alkyl halides is 1. The second kappa shape index (κ2) is 8.23. The lowest BCUT2D eigenvalue weighted by Gasteiger charge is -2.30. The summed E-state index contributed by atoms with van der Waals surface area (Å²) in [5.41, 5.74) is 0.830. The van der Waals surface area contributed by atoms with Crippen LogP contribution in [-0.2, 0) is 6.54 Å². The summed E-state index contributed by atoms with van der Waals surface area (Å²) >= 11 is 10.5. The molecule has 2 atom stereocenters. The van der Waals surface area contributed by atoms with Gasteiger partial charge in [0, 0.05) is 25.8 Å². The van der Waals surface area contributed by atoms with E-state index in [1.165, 1.54) is 11.8 Å². The van der Waals surface area contributed by atoms with Crippen LogP contribution in [0.15, 0.2) is 80.8 Å². The third kappa shape index (κ3) is 4.56. The first kappa shape index (κ1) is 19.6. The summed E-state index contributed by atoms with van der Waals surface area (Å²) in [6, 6.07) is 14.9. The van der Waals surface area contributed by atoms with Gasteiger partial charge in [-0.1, -0.05) is 57.5 Å². The smallest absolute Gasteiger partial charge is 0.214 e. The van der Waals surface area contributed by atoms with Crippen LogP contribution in [0.4, 0.5) is 8.78 Å². The van der Waals surface area contributed by atoms with Crippen molar-refractivity contribution in [3.63, 3.8) is 0 Å². The molecule has 0 saturated heterocycles. The zero-order valence-corrected chi connectivity index (χ0v) is 16.6. The fourth-order valence-corrected chi connectivity index (χ4v) is 4.11. The van der Waals surface area contributed by atoms with Gasteiger partial charge in [0.1, 0.15) is 5.83 Å². The lowest BCUT2D eigenvalue weighted by atomic mass is 10.0. The molecule has 2 N–H and O–H groups in total. The van der Waals surface area contributed by atoms with E-state index in [2.05, 4.69) is 21.2 Å². The molecule has 0 aromatic heterocycles. The number of aliphatic hydroxyl groups excluding tert-OH is 1.